The van der Waals surface area contributed by atoms with Crippen molar-refractivity contribution in [2.24, 2.45) is 0 Å². The van der Waals surface area contributed by atoms with Gasteiger partial charge in [-0.05, 0) is 44.9 Å². The zero-order valence-electron chi connectivity index (χ0n) is 15.4. The van der Waals surface area contributed by atoms with E-state index in [9.17, 15) is 4.79 Å². The molecule has 0 fully saturated rings. The van der Waals surface area contributed by atoms with E-state index in [1.54, 1.807) is 0 Å². The first kappa shape index (κ1) is 22.0. The molecule has 0 aliphatic rings. The summed E-state index contributed by atoms with van der Waals surface area (Å²) in [6.07, 6.45) is -0.0334. The fourth-order valence-corrected chi connectivity index (χ4v) is 1.99. The highest BCUT2D eigenvalue weighted by molar-refractivity contribution is 5.72. The second kappa shape index (κ2) is 10.7. The Bertz CT molecular complexity index is 551. The number of ether oxygens (including phenoxy) is 1. The van der Waals surface area contributed by atoms with Crippen molar-refractivity contribution >= 4 is 18.3 Å². The summed E-state index contributed by atoms with van der Waals surface area (Å²) in [6, 6.07) is 8.35. The standard InChI is InChI=1S/C18H28N2O2.CH2O.2H2/c1-13(2)16-8-7-9-17(10-16)18(5,6)20-12-22-14(3)11-19-15(4)21;1-2;;/h7-10,14,20H,1,11-12H2,2-6H3,(H,19,21);1H2;2*1H. The molecule has 0 radical (unpaired) electrons. The number of nitrogens with one attached hydrogen (secondary N) is 2. The van der Waals surface area contributed by atoms with Crippen LogP contribution < -0.4 is 10.6 Å². The molecule has 24 heavy (non-hydrogen) atoms. The summed E-state index contributed by atoms with van der Waals surface area (Å²) < 4.78 is 5.68. The van der Waals surface area contributed by atoms with E-state index in [4.69, 9.17) is 9.53 Å². The van der Waals surface area contributed by atoms with Gasteiger partial charge in [-0.3, -0.25) is 10.1 Å². The Hall–Kier alpha value is -1.98. The van der Waals surface area contributed by atoms with E-state index >= 15 is 0 Å². The number of allylic oxidation sites excluding steroid dienone is 1. The molecule has 2 N–H and O–H groups in total. The molecule has 0 bridgehead atoms. The lowest BCUT2D eigenvalue weighted by Crippen LogP contribution is -2.40. The van der Waals surface area contributed by atoms with E-state index in [1.165, 1.54) is 12.5 Å². The fraction of sp³-hybridized carbons (Fsp3) is 0.474. The summed E-state index contributed by atoms with van der Waals surface area (Å²) in [5, 5.41) is 6.14. The second-order valence-electron chi connectivity index (χ2n) is 6.22. The van der Waals surface area contributed by atoms with Crippen molar-refractivity contribution in [3.05, 3.63) is 42.0 Å². The maximum Gasteiger partial charge on any atom is 0.216 e. The van der Waals surface area contributed by atoms with Gasteiger partial charge in [-0.1, -0.05) is 30.4 Å². The van der Waals surface area contributed by atoms with Crippen LogP contribution >= 0.6 is 0 Å². The zero-order valence-corrected chi connectivity index (χ0v) is 15.4. The quantitative estimate of drug-likeness (QED) is 0.713. The Labute approximate surface area is 148 Å². The van der Waals surface area contributed by atoms with Crippen LogP contribution in [0.15, 0.2) is 30.8 Å². The van der Waals surface area contributed by atoms with Crippen LogP contribution in [0.1, 0.15) is 48.6 Å². The molecule has 5 nitrogen and oxygen atoms in total. The minimum absolute atomic E-state index is 0. The van der Waals surface area contributed by atoms with Crippen molar-refractivity contribution in [3.8, 4) is 0 Å². The van der Waals surface area contributed by atoms with Crippen LogP contribution in [0.25, 0.3) is 5.57 Å². The molecule has 0 saturated carbocycles. The van der Waals surface area contributed by atoms with Crippen molar-refractivity contribution in [2.45, 2.75) is 46.3 Å². The average Bonchev–Trinajstić information content (AvgIpc) is 2.54. The third kappa shape index (κ3) is 8.04. The van der Waals surface area contributed by atoms with Gasteiger partial charge < -0.3 is 14.8 Å². The Balaban J connectivity index is -0.00000127. The maximum atomic E-state index is 10.9. The number of carbonyl (C=O) groups is 2. The van der Waals surface area contributed by atoms with Crippen LogP contribution in [0.4, 0.5) is 0 Å². The van der Waals surface area contributed by atoms with Crippen LogP contribution in [-0.4, -0.2) is 32.1 Å². The number of carbonyl (C=O) groups excluding carboxylic acids is 2. The van der Waals surface area contributed by atoms with Crippen LogP contribution in [0.3, 0.4) is 0 Å². The summed E-state index contributed by atoms with van der Waals surface area (Å²) in [6.45, 7) is 16.6. The van der Waals surface area contributed by atoms with E-state index in [0.717, 1.165) is 11.1 Å². The Morgan fingerprint density at radius 1 is 1.33 bits per heavy atom. The van der Waals surface area contributed by atoms with Gasteiger partial charge in [-0.15, -0.1) is 0 Å². The normalized spacial score (nSPS) is 11.9. The minimum Gasteiger partial charge on any atom is -0.362 e. The first-order valence-corrected chi connectivity index (χ1v) is 7.88. The summed E-state index contributed by atoms with van der Waals surface area (Å²) in [4.78, 5) is 18.9. The van der Waals surface area contributed by atoms with E-state index < -0.39 is 0 Å². The van der Waals surface area contributed by atoms with Gasteiger partial charge in [-0.2, -0.15) is 0 Å². The van der Waals surface area contributed by atoms with E-state index in [0.29, 0.717) is 13.3 Å². The van der Waals surface area contributed by atoms with Gasteiger partial charge in [0.1, 0.15) is 6.79 Å². The summed E-state index contributed by atoms with van der Waals surface area (Å²) in [5.41, 5.74) is 3.18. The lowest BCUT2D eigenvalue weighted by atomic mass is 9.92. The number of hydrogen-bond acceptors (Lipinski definition) is 4. The predicted molar refractivity (Wildman–Crippen MR) is 103 cm³/mol. The Morgan fingerprint density at radius 2 is 1.96 bits per heavy atom. The molecule has 0 aromatic heterocycles. The molecule has 1 atom stereocenters. The first-order chi connectivity index (χ1) is 11.2. The molecule has 1 aromatic carbocycles. The third-order valence-electron chi connectivity index (χ3n) is 3.60. The van der Waals surface area contributed by atoms with Crippen molar-refractivity contribution in [3.63, 3.8) is 0 Å². The molecular formula is C19H34N2O3. The predicted octanol–water partition coefficient (Wildman–Crippen LogP) is 3.35. The smallest absolute Gasteiger partial charge is 0.216 e. The molecule has 1 unspecified atom stereocenters. The molecule has 0 spiro atoms. The van der Waals surface area contributed by atoms with Gasteiger partial charge in [0, 0.05) is 21.9 Å². The summed E-state index contributed by atoms with van der Waals surface area (Å²) in [5.74, 6) is -0.0413. The third-order valence-corrected chi connectivity index (χ3v) is 3.60. The minimum atomic E-state index is -0.209. The van der Waals surface area contributed by atoms with Gasteiger partial charge in [0.05, 0.1) is 12.8 Å². The van der Waals surface area contributed by atoms with Crippen molar-refractivity contribution in [1.29, 1.82) is 0 Å². The highest BCUT2D eigenvalue weighted by Crippen LogP contribution is 2.23. The van der Waals surface area contributed by atoms with E-state index in [-0.39, 0.29) is 20.4 Å². The van der Waals surface area contributed by atoms with Gasteiger partial charge in [0.25, 0.3) is 0 Å². The van der Waals surface area contributed by atoms with Crippen LogP contribution in [0.5, 0.6) is 0 Å². The van der Waals surface area contributed by atoms with Crippen LogP contribution in [0.2, 0.25) is 0 Å². The average molecular weight is 338 g/mol. The molecule has 5 heteroatoms. The molecular weight excluding hydrogens is 304 g/mol. The molecule has 0 aliphatic carbocycles. The Morgan fingerprint density at radius 3 is 2.50 bits per heavy atom. The number of rotatable bonds is 8. The van der Waals surface area contributed by atoms with E-state index in [1.807, 2.05) is 26.7 Å². The van der Waals surface area contributed by atoms with E-state index in [2.05, 4.69) is 49.3 Å². The van der Waals surface area contributed by atoms with Crippen molar-refractivity contribution < 1.29 is 17.2 Å². The molecule has 0 heterocycles. The van der Waals surface area contributed by atoms with Crippen molar-refractivity contribution in [1.82, 2.24) is 10.6 Å². The lowest BCUT2D eigenvalue weighted by molar-refractivity contribution is -0.119. The maximum absolute atomic E-state index is 10.9. The van der Waals surface area contributed by atoms with Gasteiger partial charge in [0.15, 0.2) is 0 Å². The molecule has 0 aliphatic heterocycles. The molecule has 1 aromatic rings. The summed E-state index contributed by atoms with van der Waals surface area (Å²) >= 11 is 0. The lowest BCUT2D eigenvalue weighted by Gasteiger charge is -2.28. The van der Waals surface area contributed by atoms with Gasteiger partial charge in [0.2, 0.25) is 5.91 Å². The molecule has 1 amide bonds. The number of amides is 1. The SMILES string of the molecule is C=C(C)c1cccc(C(C)(C)NCOC(C)CNC(C)=O)c1.C=O.[HH].[HH]. The van der Waals surface area contributed by atoms with Crippen molar-refractivity contribution in [2.75, 3.05) is 13.3 Å². The topological polar surface area (TPSA) is 67.4 Å². The fourth-order valence-electron chi connectivity index (χ4n) is 1.99. The molecule has 138 valence electrons. The van der Waals surface area contributed by atoms with Gasteiger partial charge in [-0.25, -0.2) is 0 Å². The largest absolute Gasteiger partial charge is 0.362 e. The Kier molecular flexibility index (Phi) is 9.85. The monoisotopic (exact) mass is 338 g/mol. The zero-order chi connectivity index (χ0) is 18.8. The molecule has 0 saturated heterocycles. The summed E-state index contributed by atoms with van der Waals surface area (Å²) in [7, 11) is 0. The highest BCUT2D eigenvalue weighted by atomic mass is 16.5. The van der Waals surface area contributed by atoms with Crippen LogP contribution in [-0.2, 0) is 19.9 Å². The highest BCUT2D eigenvalue weighted by Gasteiger charge is 2.20. The van der Waals surface area contributed by atoms with Gasteiger partial charge >= 0.3 is 0 Å². The number of hydrogen-bond donors (Lipinski definition) is 2. The number of benzene rings is 1. The van der Waals surface area contributed by atoms with Crippen LogP contribution in [0, 0.1) is 0 Å². The first-order valence-electron chi connectivity index (χ1n) is 7.88. The molecule has 1 rings (SSSR count). The second-order valence-corrected chi connectivity index (χ2v) is 6.22.